The highest BCUT2D eigenvalue weighted by molar-refractivity contribution is 5.74. The first-order chi connectivity index (χ1) is 7.16. The Labute approximate surface area is 86.9 Å². The maximum absolute atomic E-state index is 10.7. The van der Waals surface area contributed by atoms with Crippen LogP contribution in [0, 0.1) is 10.1 Å². The molecule has 0 saturated carbocycles. The summed E-state index contributed by atoms with van der Waals surface area (Å²) in [4.78, 5) is 10.2. The van der Waals surface area contributed by atoms with Crippen molar-refractivity contribution in [1.29, 1.82) is 0 Å². The first-order valence-corrected chi connectivity index (χ1v) is 4.54. The van der Waals surface area contributed by atoms with Crippen LogP contribution >= 0.6 is 0 Å². The Morgan fingerprint density at radius 2 is 2.27 bits per heavy atom. The molecule has 0 heterocycles. The smallest absolute Gasteiger partial charge is 0.314 e. The fourth-order valence-corrected chi connectivity index (χ4v) is 1.21. The van der Waals surface area contributed by atoms with E-state index in [2.05, 4.69) is 5.32 Å². The number of nitrogens with zero attached hydrogens (tertiary/aromatic N) is 1. The van der Waals surface area contributed by atoms with E-state index in [1.54, 1.807) is 12.1 Å². The molecule has 0 bridgehead atoms. The molecule has 0 radical (unpaired) electrons. The van der Waals surface area contributed by atoms with Crippen LogP contribution in [0.15, 0.2) is 18.2 Å². The second-order valence-corrected chi connectivity index (χ2v) is 3.00. The van der Waals surface area contributed by atoms with Crippen molar-refractivity contribution in [2.75, 3.05) is 24.2 Å². The molecule has 0 aromatic heterocycles. The molecule has 4 N–H and O–H groups in total. The first-order valence-electron chi connectivity index (χ1n) is 4.54. The average Bonchev–Trinajstić information content (AvgIpc) is 2.17. The van der Waals surface area contributed by atoms with Crippen molar-refractivity contribution >= 4 is 17.1 Å². The van der Waals surface area contributed by atoms with Crippen molar-refractivity contribution in [3.8, 4) is 0 Å². The normalized spacial score (nSPS) is 9.93. The molecule has 1 rings (SSSR count). The standard InChI is InChI=1S/C9H13N3O3/c10-7-3-1-4-8(9(7)12(14)15)11-5-2-6-13/h1,3-4,11,13H,2,5-6,10H2. The lowest BCUT2D eigenvalue weighted by atomic mass is 10.2. The van der Waals surface area contributed by atoms with Crippen molar-refractivity contribution < 1.29 is 10.0 Å². The molecule has 0 saturated heterocycles. The Kier molecular flexibility index (Phi) is 3.87. The van der Waals surface area contributed by atoms with Gasteiger partial charge in [0.2, 0.25) is 0 Å². The number of nitrogen functional groups attached to an aromatic ring is 1. The number of nitrogens with two attached hydrogens (primary N) is 1. The minimum Gasteiger partial charge on any atom is -0.396 e. The highest BCUT2D eigenvalue weighted by atomic mass is 16.6. The van der Waals surface area contributed by atoms with Gasteiger partial charge in [0.05, 0.1) is 4.92 Å². The van der Waals surface area contributed by atoms with Crippen LogP contribution in [0.3, 0.4) is 0 Å². The minimum absolute atomic E-state index is 0.0448. The quantitative estimate of drug-likeness (QED) is 0.291. The first kappa shape index (κ1) is 11.3. The molecular weight excluding hydrogens is 198 g/mol. The van der Waals surface area contributed by atoms with Gasteiger partial charge in [0, 0.05) is 13.2 Å². The zero-order valence-corrected chi connectivity index (χ0v) is 8.14. The lowest BCUT2D eigenvalue weighted by Crippen LogP contribution is -2.07. The molecule has 0 spiro atoms. The highest BCUT2D eigenvalue weighted by Crippen LogP contribution is 2.30. The summed E-state index contributed by atoms with van der Waals surface area (Å²) in [6.45, 7) is 0.518. The molecule has 0 atom stereocenters. The third-order valence-electron chi connectivity index (χ3n) is 1.90. The molecule has 0 aliphatic heterocycles. The van der Waals surface area contributed by atoms with Crippen molar-refractivity contribution in [1.82, 2.24) is 0 Å². The van der Waals surface area contributed by atoms with Gasteiger partial charge in [-0.3, -0.25) is 10.1 Å². The van der Waals surface area contributed by atoms with E-state index >= 15 is 0 Å². The number of hydrogen-bond acceptors (Lipinski definition) is 5. The number of aliphatic hydroxyl groups excluding tert-OH is 1. The number of hydrogen-bond donors (Lipinski definition) is 3. The average molecular weight is 211 g/mol. The molecule has 15 heavy (non-hydrogen) atoms. The highest BCUT2D eigenvalue weighted by Gasteiger charge is 2.16. The van der Waals surface area contributed by atoms with E-state index in [4.69, 9.17) is 10.8 Å². The summed E-state index contributed by atoms with van der Waals surface area (Å²) in [5.41, 5.74) is 5.90. The van der Waals surface area contributed by atoms with Crippen LogP contribution in [0.25, 0.3) is 0 Å². The van der Waals surface area contributed by atoms with E-state index in [1.165, 1.54) is 6.07 Å². The third-order valence-corrected chi connectivity index (χ3v) is 1.90. The number of anilines is 2. The van der Waals surface area contributed by atoms with E-state index < -0.39 is 4.92 Å². The second-order valence-electron chi connectivity index (χ2n) is 3.00. The summed E-state index contributed by atoms with van der Waals surface area (Å²) >= 11 is 0. The molecule has 0 amide bonds. The van der Waals surface area contributed by atoms with Crippen molar-refractivity contribution in [2.45, 2.75) is 6.42 Å². The monoisotopic (exact) mass is 211 g/mol. The molecule has 0 fully saturated rings. The van der Waals surface area contributed by atoms with Gasteiger partial charge in [0.25, 0.3) is 0 Å². The lowest BCUT2D eigenvalue weighted by molar-refractivity contribution is -0.383. The summed E-state index contributed by atoms with van der Waals surface area (Å²) in [6, 6.07) is 4.71. The van der Waals surface area contributed by atoms with Crippen LogP contribution < -0.4 is 11.1 Å². The molecule has 6 nitrogen and oxygen atoms in total. The van der Waals surface area contributed by atoms with E-state index in [0.717, 1.165) is 0 Å². The number of nitrogens with one attached hydrogen (secondary N) is 1. The fraction of sp³-hybridized carbons (Fsp3) is 0.333. The van der Waals surface area contributed by atoms with Gasteiger partial charge in [-0.2, -0.15) is 0 Å². The topological polar surface area (TPSA) is 101 Å². The minimum atomic E-state index is -0.517. The molecule has 1 aromatic rings. The van der Waals surface area contributed by atoms with E-state index in [9.17, 15) is 10.1 Å². The van der Waals surface area contributed by atoms with Crippen LogP contribution in [-0.4, -0.2) is 23.2 Å². The van der Waals surface area contributed by atoms with E-state index in [0.29, 0.717) is 18.7 Å². The lowest BCUT2D eigenvalue weighted by Gasteiger charge is -2.07. The van der Waals surface area contributed by atoms with Gasteiger partial charge in [-0.05, 0) is 18.6 Å². The number of nitro groups is 1. The molecular formula is C9H13N3O3. The maximum atomic E-state index is 10.7. The Morgan fingerprint density at radius 3 is 2.87 bits per heavy atom. The van der Waals surface area contributed by atoms with E-state index in [1.807, 2.05) is 0 Å². The molecule has 0 aliphatic carbocycles. The number of para-hydroxylation sites is 1. The van der Waals surface area contributed by atoms with Crippen molar-refractivity contribution in [3.05, 3.63) is 28.3 Å². The largest absolute Gasteiger partial charge is 0.396 e. The molecule has 1 aromatic carbocycles. The third kappa shape index (κ3) is 2.81. The summed E-state index contributed by atoms with van der Waals surface area (Å²) in [5.74, 6) is 0. The number of aliphatic hydroxyl groups is 1. The van der Waals surface area contributed by atoms with Gasteiger partial charge in [0.1, 0.15) is 11.4 Å². The number of benzene rings is 1. The van der Waals surface area contributed by atoms with Gasteiger partial charge in [-0.1, -0.05) is 6.07 Å². The van der Waals surface area contributed by atoms with Crippen molar-refractivity contribution in [3.63, 3.8) is 0 Å². The van der Waals surface area contributed by atoms with Crippen molar-refractivity contribution in [2.24, 2.45) is 0 Å². The summed E-state index contributed by atoms with van der Waals surface area (Å²) in [7, 11) is 0. The summed E-state index contributed by atoms with van der Waals surface area (Å²) in [6.07, 6.45) is 0.534. The van der Waals surface area contributed by atoms with Gasteiger partial charge in [-0.15, -0.1) is 0 Å². The SMILES string of the molecule is Nc1cccc(NCCCO)c1[N+](=O)[O-]. The predicted octanol–water partition coefficient (Wildman–Crippen LogP) is 0.971. The Morgan fingerprint density at radius 1 is 1.53 bits per heavy atom. The van der Waals surface area contributed by atoms with Crippen LogP contribution in [0.1, 0.15) is 6.42 Å². The maximum Gasteiger partial charge on any atom is 0.314 e. The van der Waals surface area contributed by atoms with Crippen LogP contribution in [0.4, 0.5) is 17.1 Å². The van der Waals surface area contributed by atoms with Gasteiger partial charge in [0.15, 0.2) is 0 Å². The Balaban J connectivity index is 2.86. The molecule has 0 aliphatic rings. The predicted molar refractivity (Wildman–Crippen MR) is 57.7 cm³/mol. The van der Waals surface area contributed by atoms with Gasteiger partial charge in [-0.25, -0.2) is 0 Å². The van der Waals surface area contributed by atoms with Crippen LogP contribution in [0.2, 0.25) is 0 Å². The van der Waals surface area contributed by atoms with Crippen LogP contribution in [-0.2, 0) is 0 Å². The van der Waals surface area contributed by atoms with Gasteiger partial charge < -0.3 is 16.2 Å². The summed E-state index contributed by atoms with van der Waals surface area (Å²) in [5, 5.41) is 22.1. The number of rotatable bonds is 5. The Bertz CT molecular complexity index is 354. The summed E-state index contributed by atoms with van der Waals surface area (Å²) < 4.78 is 0. The molecule has 82 valence electrons. The molecule has 6 heteroatoms. The zero-order valence-electron chi connectivity index (χ0n) is 8.14. The zero-order chi connectivity index (χ0) is 11.3. The van der Waals surface area contributed by atoms with Gasteiger partial charge >= 0.3 is 5.69 Å². The Hall–Kier alpha value is -1.82. The molecule has 0 unspecified atom stereocenters. The van der Waals surface area contributed by atoms with Crippen LogP contribution in [0.5, 0.6) is 0 Å². The fourth-order valence-electron chi connectivity index (χ4n) is 1.21. The number of nitro benzene ring substituents is 1. The van der Waals surface area contributed by atoms with E-state index in [-0.39, 0.29) is 18.0 Å². The second kappa shape index (κ2) is 5.16.